The van der Waals surface area contributed by atoms with Crippen molar-refractivity contribution >= 4 is 11.3 Å². The van der Waals surface area contributed by atoms with Crippen LogP contribution in [-0.2, 0) is 6.42 Å². The summed E-state index contributed by atoms with van der Waals surface area (Å²) in [4.78, 5) is 1.62. The molecule has 0 saturated heterocycles. The van der Waals surface area contributed by atoms with Gasteiger partial charge in [0, 0.05) is 16.8 Å². The monoisotopic (exact) mass is 235 g/mol. The lowest BCUT2D eigenvalue weighted by Crippen LogP contribution is -2.35. The minimum absolute atomic E-state index is 0.349. The van der Waals surface area contributed by atoms with Crippen LogP contribution in [0.3, 0.4) is 0 Å². The quantitative estimate of drug-likeness (QED) is 0.835. The maximum Gasteiger partial charge on any atom is 0.0134 e. The summed E-state index contributed by atoms with van der Waals surface area (Å²) in [5, 5.41) is 2.26. The Bertz CT molecular complexity index is 382. The highest BCUT2D eigenvalue weighted by Crippen LogP contribution is 2.56. The Morgan fingerprint density at radius 2 is 2.25 bits per heavy atom. The summed E-state index contributed by atoms with van der Waals surface area (Å²) in [5.74, 6) is 3.12. The summed E-state index contributed by atoms with van der Waals surface area (Å²) in [7, 11) is 0. The van der Waals surface area contributed by atoms with E-state index in [2.05, 4.69) is 25.3 Å². The minimum Gasteiger partial charge on any atom is -0.327 e. The number of hydrogen-bond donors (Lipinski definition) is 1. The number of hydrogen-bond acceptors (Lipinski definition) is 2. The summed E-state index contributed by atoms with van der Waals surface area (Å²) < 4.78 is 0. The molecular weight excluding hydrogens is 214 g/mol. The molecule has 2 aliphatic rings. The molecule has 1 aromatic heterocycles. The highest BCUT2D eigenvalue weighted by molar-refractivity contribution is 7.10. The van der Waals surface area contributed by atoms with Gasteiger partial charge in [-0.3, -0.25) is 0 Å². The molecule has 4 atom stereocenters. The predicted octanol–water partition coefficient (Wildman–Crippen LogP) is 3.40. The number of thiophene rings is 1. The lowest BCUT2D eigenvalue weighted by atomic mass is 9.82. The second-order valence-electron chi connectivity index (χ2n) is 5.84. The van der Waals surface area contributed by atoms with Gasteiger partial charge in [-0.2, -0.15) is 0 Å². The highest BCUT2D eigenvalue weighted by Gasteiger charge is 2.48. The fourth-order valence-corrected chi connectivity index (χ4v) is 4.30. The molecule has 0 bridgehead atoms. The average molecular weight is 235 g/mol. The van der Waals surface area contributed by atoms with Gasteiger partial charge in [-0.05, 0) is 54.0 Å². The second kappa shape index (κ2) is 3.85. The first kappa shape index (κ1) is 10.8. The lowest BCUT2D eigenvalue weighted by Gasteiger charge is -2.27. The van der Waals surface area contributed by atoms with Crippen molar-refractivity contribution in [1.29, 1.82) is 0 Å². The Balaban J connectivity index is 1.96. The van der Waals surface area contributed by atoms with Gasteiger partial charge in [0.05, 0.1) is 0 Å². The van der Waals surface area contributed by atoms with E-state index in [-0.39, 0.29) is 0 Å². The Morgan fingerprint density at radius 1 is 1.44 bits per heavy atom. The molecule has 1 fully saturated rings. The third-order valence-electron chi connectivity index (χ3n) is 4.50. The molecule has 2 heteroatoms. The van der Waals surface area contributed by atoms with E-state index in [1.165, 1.54) is 19.3 Å². The molecule has 0 aromatic carbocycles. The van der Waals surface area contributed by atoms with Crippen LogP contribution >= 0.6 is 11.3 Å². The molecule has 1 heterocycles. The van der Waals surface area contributed by atoms with Crippen LogP contribution in [0.25, 0.3) is 0 Å². The fourth-order valence-electron chi connectivity index (χ4n) is 3.35. The maximum atomic E-state index is 6.46. The van der Waals surface area contributed by atoms with Gasteiger partial charge >= 0.3 is 0 Å². The van der Waals surface area contributed by atoms with Crippen molar-refractivity contribution < 1.29 is 0 Å². The second-order valence-corrected chi connectivity index (χ2v) is 6.85. The van der Waals surface area contributed by atoms with Crippen LogP contribution in [0.4, 0.5) is 0 Å². The van der Waals surface area contributed by atoms with E-state index in [1.807, 2.05) is 11.3 Å². The van der Waals surface area contributed by atoms with Crippen molar-refractivity contribution in [2.45, 2.75) is 45.1 Å². The van der Waals surface area contributed by atoms with Crippen LogP contribution < -0.4 is 5.73 Å². The molecule has 1 aromatic rings. The van der Waals surface area contributed by atoms with Crippen molar-refractivity contribution in [2.24, 2.45) is 23.5 Å². The molecule has 1 unspecified atom stereocenters. The van der Waals surface area contributed by atoms with Crippen LogP contribution in [0, 0.1) is 17.8 Å². The molecular formula is C14H21NS. The first-order valence-electron chi connectivity index (χ1n) is 6.50. The first-order chi connectivity index (χ1) is 7.68. The van der Waals surface area contributed by atoms with Crippen LogP contribution in [0.2, 0.25) is 0 Å². The molecule has 3 rings (SSSR count). The lowest BCUT2D eigenvalue weighted by molar-refractivity contribution is 0.378. The van der Waals surface area contributed by atoms with Crippen molar-refractivity contribution in [2.75, 3.05) is 0 Å². The van der Waals surface area contributed by atoms with E-state index < -0.39 is 0 Å². The minimum atomic E-state index is 0.349. The van der Waals surface area contributed by atoms with E-state index in [0.717, 1.165) is 11.8 Å². The van der Waals surface area contributed by atoms with Crippen molar-refractivity contribution in [3.63, 3.8) is 0 Å². The highest BCUT2D eigenvalue weighted by atomic mass is 32.1. The third-order valence-corrected chi connectivity index (χ3v) is 5.50. The molecule has 0 aliphatic heterocycles. The average Bonchev–Trinajstić information content (AvgIpc) is 2.89. The van der Waals surface area contributed by atoms with Gasteiger partial charge < -0.3 is 5.73 Å². The maximum absolute atomic E-state index is 6.46. The van der Waals surface area contributed by atoms with Crippen molar-refractivity contribution in [1.82, 2.24) is 0 Å². The zero-order chi connectivity index (χ0) is 11.3. The van der Waals surface area contributed by atoms with Crippen molar-refractivity contribution in [3.8, 4) is 0 Å². The molecule has 1 nitrogen and oxygen atoms in total. The van der Waals surface area contributed by atoms with Gasteiger partial charge in [-0.1, -0.05) is 13.8 Å². The SMILES string of the molecule is CC(C)[C@H](N)[C@@H]1c2ccsc2CC[C@H]2CC21. The first-order valence-corrected chi connectivity index (χ1v) is 7.38. The van der Waals surface area contributed by atoms with E-state index in [4.69, 9.17) is 5.73 Å². The summed E-state index contributed by atoms with van der Waals surface area (Å²) in [6.45, 7) is 4.53. The molecule has 2 aliphatic carbocycles. The molecule has 0 spiro atoms. The zero-order valence-corrected chi connectivity index (χ0v) is 11.0. The molecule has 0 amide bonds. The van der Waals surface area contributed by atoms with E-state index in [1.54, 1.807) is 10.4 Å². The van der Waals surface area contributed by atoms with Crippen LogP contribution in [0.15, 0.2) is 11.4 Å². The number of rotatable bonds is 2. The Kier molecular flexibility index (Phi) is 2.60. The van der Waals surface area contributed by atoms with E-state index >= 15 is 0 Å². The Labute approximate surface area is 102 Å². The number of aryl methyl sites for hydroxylation is 1. The van der Waals surface area contributed by atoms with Gasteiger partial charge in [0.1, 0.15) is 0 Å². The van der Waals surface area contributed by atoms with Crippen LogP contribution in [-0.4, -0.2) is 6.04 Å². The van der Waals surface area contributed by atoms with Gasteiger partial charge in [0.25, 0.3) is 0 Å². The number of fused-ring (bicyclic) bond motifs is 2. The summed E-state index contributed by atoms with van der Waals surface area (Å²) in [6, 6.07) is 2.69. The summed E-state index contributed by atoms with van der Waals surface area (Å²) >= 11 is 1.94. The third kappa shape index (κ3) is 1.63. The predicted molar refractivity (Wildman–Crippen MR) is 69.8 cm³/mol. The van der Waals surface area contributed by atoms with Crippen LogP contribution in [0.5, 0.6) is 0 Å². The van der Waals surface area contributed by atoms with E-state index in [9.17, 15) is 0 Å². The normalized spacial score (nSPS) is 34.1. The summed E-state index contributed by atoms with van der Waals surface area (Å²) in [6.07, 6.45) is 4.13. The topological polar surface area (TPSA) is 26.0 Å². The van der Waals surface area contributed by atoms with Crippen molar-refractivity contribution in [3.05, 3.63) is 21.9 Å². The molecule has 1 saturated carbocycles. The molecule has 0 radical (unpaired) electrons. The number of nitrogens with two attached hydrogens (primary N) is 1. The largest absolute Gasteiger partial charge is 0.327 e. The molecule has 88 valence electrons. The molecule has 2 N–H and O–H groups in total. The smallest absolute Gasteiger partial charge is 0.0134 e. The van der Waals surface area contributed by atoms with E-state index in [0.29, 0.717) is 17.9 Å². The zero-order valence-electron chi connectivity index (χ0n) is 10.1. The fraction of sp³-hybridized carbons (Fsp3) is 0.714. The molecule has 16 heavy (non-hydrogen) atoms. The standard InChI is InChI=1S/C14H21NS/c1-8(2)14(15)13-10-5-6-16-12(10)4-3-9-7-11(9)13/h5-6,8-9,11,13-14H,3-4,7,15H2,1-2H3/t9-,11?,13+,14-/m0/s1. The van der Waals surface area contributed by atoms with Gasteiger partial charge in [-0.25, -0.2) is 0 Å². The van der Waals surface area contributed by atoms with Crippen LogP contribution in [0.1, 0.15) is 43.0 Å². The van der Waals surface area contributed by atoms with Gasteiger partial charge in [0.2, 0.25) is 0 Å². The van der Waals surface area contributed by atoms with Gasteiger partial charge in [0.15, 0.2) is 0 Å². The Morgan fingerprint density at radius 3 is 3.00 bits per heavy atom. The Hall–Kier alpha value is -0.340. The summed E-state index contributed by atoms with van der Waals surface area (Å²) in [5.41, 5.74) is 8.05. The van der Waals surface area contributed by atoms with Gasteiger partial charge in [-0.15, -0.1) is 11.3 Å².